The molecular formula is C9H18N2O. The second-order valence-electron chi connectivity index (χ2n) is 3.60. The molecule has 1 saturated carbocycles. The van der Waals surface area contributed by atoms with Crippen molar-refractivity contribution >= 4 is 6.03 Å². The molecule has 0 aromatic carbocycles. The van der Waals surface area contributed by atoms with Crippen LogP contribution in [0.25, 0.3) is 0 Å². The molecule has 1 aliphatic carbocycles. The Bertz CT molecular complexity index is 139. The Morgan fingerprint density at radius 3 is 2.33 bits per heavy atom. The number of nitrogens with two attached hydrogens (primary N) is 1. The van der Waals surface area contributed by atoms with Gasteiger partial charge >= 0.3 is 6.03 Å². The molecule has 1 aliphatic rings. The van der Waals surface area contributed by atoms with Crippen LogP contribution in [0.15, 0.2) is 0 Å². The maximum atomic E-state index is 10.4. The highest BCUT2D eigenvalue weighted by atomic mass is 16.2. The van der Waals surface area contributed by atoms with Gasteiger partial charge in [0.1, 0.15) is 0 Å². The van der Waals surface area contributed by atoms with Gasteiger partial charge in [-0.3, -0.25) is 0 Å². The van der Waals surface area contributed by atoms with Crippen molar-refractivity contribution < 1.29 is 4.79 Å². The van der Waals surface area contributed by atoms with Crippen LogP contribution in [0, 0.1) is 5.92 Å². The molecule has 0 atom stereocenters. The van der Waals surface area contributed by atoms with Crippen LogP contribution in [0.5, 0.6) is 0 Å². The Balaban J connectivity index is 2.16. The molecule has 0 aliphatic heterocycles. The van der Waals surface area contributed by atoms with Gasteiger partial charge in [-0.05, 0) is 18.8 Å². The van der Waals surface area contributed by atoms with Gasteiger partial charge in [0, 0.05) is 6.54 Å². The van der Waals surface area contributed by atoms with Gasteiger partial charge < -0.3 is 11.1 Å². The number of hydrogen-bond acceptors (Lipinski definition) is 1. The van der Waals surface area contributed by atoms with Crippen molar-refractivity contribution in [2.45, 2.75) is 38.5 Å². The van der Waals surface area contributed by atoms with Gasteiger partial charge in [0.05, 0.1) is 0 Å². The van der Waals surface area contributed by atoms with E-state index in [0.717, 1.165) is 6.54 Å². The maximum Gasteiger partial charge on any atom is 0.312 e. The number of urea groups is 1. The molecule has 0 bridgehead atoms. The molecule has 3 heteroatoms. The van der Waals surface area contributed by atoms with E-state index in [1.807, 2.05) is 0 Å². The number of hydrogen-bond donors (Lipinski definition) is 2. The predicted molar refractivity (Wildman–Crippen MR) is 48.8 cm³/mol. The second kappa shape index (κ2) is 5.01. The SMILES string of the molecule is NC(=O)NCC1CCCCCC1. The average molecular weight is 170 g/mol. The summed E-state index contributed by atoms with van der Waals surface area (Å²) in [5.41, 5.74) is 5.00. The number of rotatable bonds is 2. The fourth-order valence-electron chi connectivity index (χ4n) is 1.81. The fourth-order valence-corrected chi connectivity index (χ4v) is 1.81. The summed E-state index contributed by atoms with van der Waals surface area (Å²) in [6.45, 7) is 0.773. The monoisotopic (exact) mass is 170 g/mol. The molecule has 2 amide bonds. The molecule has 12 heavy (non-hydrogen) atoms. The zero-order valence-electron chi connectivity index (χ0n) is 7.51. The zero-order valence-corrected chi connectivity index (χ0v) is 7.51. The van der Waals surface area contributed by atoms with Crippen LogP contribution in [0.2, 0.25) is 0 Å². The third-order valence-electron chi connectivity index (χ3n) is 2.54. The van der Waals surface area contributed by atoms with Crippen LogP contribution >= 0.6 is 0 Å². The Hall–Kier alpha value is -0.730. The van der Waals surface area contributed by atoms with Crippen molar-refractivity contribution in [2.24, 2.45) is 11.7 Å². The van der Waals surface area contributed by atoms with E-state index in [0.29, 0.717) is 5.92 Å². The lowest BCUT2D eigenvalue weighted by molar-refractivity contribution is 0.246. The summed E-state index contributed by atoms with van der Waals surface area (Å²) in [4.78, 5) is 10.4. The molecule has 1 rings (SSSR count). The van der Waals surface area contributed by atoms with Gasteiger partial charge in [-0.1, -0.05) is 25.7 Å². The van der Waals surface area contributed by atoms with Gasteiger partial charge in [-0.2, -0.15) is 0 Å². The van der Waals surface area contributed by atoms with Gasteiger partial charge in [-0.25, -0.2) is 4.79 Å². The Morgan fingerprint density at radius 2 is 1.83 bits per heavy atom. The first-order valence-corrected chi connectivity index (χ1v) is 4.82. The summed E-state index contributed by atoms with van der Waals surface area (Å²) in [5.74, 6) is 0.667. The average Bonchev–Trinajstić information content (AvgIpc) is 2.28. The van der Waals surface area contributed by atoms with Gasteiger partial charge in [-0.15, -0.1) is 0 Å². The topological polar surface area (TPSA) is 55.1 Å². The van der Waals surface area contributed by atoms with E-state index < -0.39 is 0 Å². The van der Waals surface area contributed by atoms with Crippen molar-refractivity contribution in [1.29, 1.82) is 0 Å². The van der Waals surface area contributed by atoms with Crippen LogP contribution in [-0.4, -0.2) is 12.6 Å². The third-order valence-corrected chi connectivity index (χ3v) is 2.54. The summed E-state index contributed by atoms with van der Waals surface area (Å²) in [6, 6.07) is -0.390. The minimum Gasteiger partial charge on any atom is -0.352 e. The van der Waals surface area contributed by atoms with Crippen molar-refractivity contribution in [3.63, 3.8) is 0 Å². The van der Waals surface area contributed by atoms with Crippen molar-refractivity contribution in [3.05, 3.63) is 0 Å². The summed E-state index contributed by atoms with van der Waals surface area (Å²) >= 11 is 0. The van der Waals surface area contributed by atoms with Crippen LogP contribution < -0.4 is 11.1 Å². The summed E-state index contributed by atoms with van der Waals surface area (Å²) in [7, 11) is 0. The second-order valence-corrected chi connectivity index (χ2v) is 3.60. The molecule has 0 radical (unpaired) electrons. The van der Waals surface area contributed by atoms with Crippen LogP contribution in [0.3, 0.4) is 0 Å². The minimum atomic E-state index is -0.390. The van der Waals surface area contributed by atoms with Crippen LogP contribution in [0.4, 0.5) is 4.79 Å². The third kappa shape index (κ3) is 3.60. The smallest absolute Gasteiger partial charge is 0.312 e. The first-order chi connectivity index (χ1) is 5.79. The molecule has 3 nitrogen and oxygen atoms in total. The zero-order chi connectivity index (χ0) is 8.81. The van der Waals surface area contributed by atoms with Gasteiger partial charge in [0.25, 0.3) is 0 Å². The highest BCUT2D eigenvalue weighted by Crippen LogP contribution is 2.21. The van der Waals surface area contributed by atoms with E-state index in [-0.39, 0.29) is 6.03 Å². The Kier molecular flexibility index (Phi) is 3.91. The van der Waals surface area contributed by atoms with E-state index in [9.17, 15) is 4.79 Å². The van der Waals surface area contributed by atoms with Gasteiger partial charge in [0.2, 0.25) is 0 Å². The first kappa shape index (κ1) is 9.36. The number of nitrogens with one attached hydrogen (secondary N) is 1. The molecular weight excluding hydrogens is 152 g/mol. The van der Waals surface area contributed by atoms with E-state index in [4.69, 9.17) is 5.73 Å². The number of carbonyl (C=O) groups excluding carboxylic acids is 1. The lowest BCUT2D eigenvalue weighted by atomic mass is 10.0. The molecule has 0 saturated heterocycles. The molecule has 0 unspecified atom stereocenters. The largest absolute Gasteiger partial charge is 0.352 e. The van der Waals surface area contributed by atoms with Crippen molar-refractivity contribution in [3.8, 4) is 0 Å². The highest BCUT2D eigenvalue weighted by Gasteiger charge is 2.11. The van der Waals surface area contributed by atoms with E-state index in [1.54, 1.807) is 0 Å². The lowest BCUT2D eigenvalue weighted by Crippen LogP contribution is -2.33. The van der Waals surface area contributed by atoms with Crippen LogP contribution in [-0.2, 0) is 0 Å². The first-order valence-electron chi connectivity index (χ1n) is 4.82. The van der Waals surface area contributed by atoms with Crippen LogP contribution in [0.1, 0.15) is 38.5 Å². The maximum absolute atomic E-state index is 10.4. The van der Waals surface area contributed by atoms with Crippen molar-refractivity contribution in [2.75, 3.05) is 6.54 Å². The van der Waals surface area contributed by atoms with E-state index in [1.165, 1.54) is 38.5 Å². The fraction of sp³-hybridized carbons (Fsp3) is 0.889. The molecule has 0 aromatic heterocycles. The summed E-state index contributed by atoms with van der Waals surface area (Å²) < 4.78 is 0. The van der Waals surface area contributed by atoms with E-state index in [2.05, 4.69) is 5.32 Å². The molecule has 0 spiro atoms. The quantitative estimate of drug-likeness (QED) is 0.608. The molecule has 3 N–H and O–H groups in total. The van der Waals surface area contributed by atoms with Crippen molar-refractivity contribution in [1.82, 2.24) is 5.32 Å². The van der Waals surface area contributed by atoms with Gasteiger partial charge in [0.15, 0.2) is 0 Å². The summed E-state index contributed by atoms with van der Waals surface area (Å²) in [6.07, 6.45) is 7.83. The molecule has 0 aromatic rings. The number of amides is 2. The molecule has 70 valence electrons. The number of primary amides is 1. The predicted octanol–water partition coefficient (Wildman–Crippen LogP) is 1.63. The normalized spacial score (nSPS) is 20.0. The summed E-state index contributed by atoms with van der Waals surface area (Å²) in [5, 5.41) is 2.68. The van der Waals surface area contributed by atoms with E-state index >= 15 is 0 Å². The minimum absolute atomic E-state index is 0.390. The standard InChI is InChI=1S/C9H18N2O/c10-9(12)11-7-8-5-3-1-2-4-6-8/h8H,1-7H2,(H3,10,11,12). The lowest BCUT2D eigenvalue weighted by Gasteiger charge is -2.13. The molecule has 0 heterocycles. The number of carbonyl (C=O) groups is 1. The molecule has 1 fully saturated rings. The Labute approximate surface area is 73.7 Å². The Morgan fingerprint density at radius 1 is 1.25 bits per heavy atom. The highest BCUT2D eigenvalue weighted by molar-refractivity contribution is 5.71.